The number of hydrogen-bond donors (Lipinski definition) is 1. The molecule has 4 rings (SSSR count). The third-order valence-corrected chi connectivity index (χ3v) is 6.61. The number of amides is 2. The highest BCUT2D eigenvalue weighted by Crippen LogP contribution is 2.30. The second-order valence-corrected chi connectivity index (χ2v) is 9.49. The fourth-order valence-corrected chi connectivity index (χ4v) is 4.29. The Balaban J connectivity index is 1.68. The van der Waals surface area contributed by atoms with Gasteiger partial charge in [0, 0.05) is 43.7 Å². The quantitative estimate of drug-likeness (QED) is 0.571. The lowest BCUT2D eigenvalue weighted by molar-refractivity contribution is 0.0313. The maximum atomic E-state index is 13.6. The van der Waals surface area contributed by atoms with E-state index in [-0.39, 0.29) is 36.3 Å². The highest BCUT2D eigenvalue weighted by molar-refractivity contribution is 5.98. The molecule has 0 saturated carbocycles. The van der Waals surface area contributed by atoms with E-state index in [4.69, 9.17) is 4.74 Å². The number of aromatic nitrogens is 2. The van der Waals surface area contributed by atoms with E-state index in [0.29, 0.717) is 24.2 Å². The topological polar surface area (TPSA) is 95.9 Å². The van der Waals surface area contributed by atoms with Gasteiger partial charge in [-0.05, 0) is 37.6 Å². The Kier molecular flexibility index (Phi) is 7.64. The van der Waals surface area contributed by atoms with Crippen molar-refractivity contribution in [1.82, 2.24) is 19.8 Å². The molecule has 1 aliphatic heterocycles. The van der Waals surface area contributed by atoms with Crippen LogP contribution in [0.4, 0.5) is 0 Å². The van der Waals surface area contributed by atoms with Crippen molar-refractivity contribution in [2.45, 2.75) is 32.9 Å². The molecule has 36 heavy (non-hydrogen) atoms. The zero-order valence-electron chi connectivity index (χ0n) is 21.1. The number of aliphatic hydroxyl groups excluding tert-OH is 1. The summed E-state index contributed by atoms with van der Waals surface area (Å²) in [4.78, 5) is 38.4. The van der Waals surface area contributed by atoms with Gasteiger partial charge in [-0.2, -0.15) is 0 Å². The van der Waals surface area contributed by atoms with Crippen LogP contribution in [0.2, 0.25) is 0 Å². The predicted molar refractivity (Wildman–Crippen MR) is 137 cm³/mol. The molecule has 0 fully saturated rings. The summed E-state index contributed by atoms with van der Waals surface area (Å²) < 4.78 is 6.32. The molecule has 3 heterocycles. The molecule has 8 nitrogen and oxygen atoms in total. The van der Waals surface area contributed by atoms with Crippen molar-refractivity contribution < 1.29 is 19.4 Å². The normalized spacial score (nSPS) is 18.5. The van der Waals surface area contributed by atoms with Gasteiger partial charge in [0.2, 0.25) is 5.88 Å². The summed E-state index contributed by atoms with van der Waals surface area (Å²) in [6, 6.07) is 12.9. The molecule has 0 unspecified atom stereocenters. The van der Waals surface area contributed by atoms with Gasteiger partial charge in [-0.3, -0.25) is 14.6 Å². The first-order chi connectivity index (χ1) is 17.3. The summed E-state index contributed by atoms with van der Waals surface area (Å²) in [5.74, 6) is -0.303. The number of fused-ring (bicyclic) bond motifs is 1. The molecular formula is C28H32N4O4. The summed E-state index contributed by atoms with van der Waals surface area (Å²) in [7, 11) is 1.72. The fraction of sp³-hybridized carbons (Fsp3) is 0.357. The van der Waals surface area contributed by atoms with Gasteiger partial charge in [-0.25, -0.2) is 4.98 Å². The number of carbonyl (C=O) groups is 2. The Hall–Kier alpha value is -3.78. The second kappa shape index (κ2) is 10.9. The molecule has 2 amide bonds. The van der Waals surface area contributed by atoms with Crippen molar-refractivity contribution >= 4 is 11.8 Å². The number of hydrogen-bond acceptors (Lipinski definition) is 6. The van der Waals surface area contributed by atoms with Crippen LogP contribution in [-0.2, 0) is 0 Å². The van der Waals surface area contributed by atoms with E-state index in [1.54, 1.807) is 47.4 Å². The van der Waals surface area contributed by atoms with E-state index in [2.05, 4.69) is 9.97 Å². The Bertz CT molecular complexity index is 1220. The van der Waals surface area contributed by atoms with Crippen LogP contribution < -0.4 is 4.74 Å². The van der Waals surface area contributed by atoms with Crippen molar-refractivity contribution in [2.75, 3.05) is 26.7 Å². The number of carbonyl (C=O) groups excluding carboxylic acids is 2. The maximum absolute atomic E-state index is 13.6. The summed E-state index contributed by atoms with van der Waals surface area (Å²) in [6.45, 7) is 6.31. The molecule has 0 saturated heterocycles. The summed E-state index contributed by atoms with van der Waals surface area (Å²) in [6.07, 6.45) is 4.44. The lowest BCUT2D eigenvalue weighted by Crippen LogP contribution is -2.50. The average Bonchev–Trinajstić information content (AvgIpc) is 2.90. The predicted octanol–water partition coefficient (Wildman–Crippen LogP) is 3.44. The number of aryl methyl sites for hydroxylation is 1. The van der Waals surface area contributed by atoms with Gasteiger partial charge in [0.15, 0.2) is 0 Å². The van der Waals surface area contributed by atoms with Crippen LogP contribution in [0.25, 0.3) is 11.1 Å². The minimum absolute atomic E-state index is 0.126. The van der Waals surface area contributed by atoms with Crippen molar-refractivity contribution in [3.8, 4) is 17.0 Å². The smallest absolute Gasteiger partial charge is 0.259 e. The van der Waals surface area contributed by atoms with Gasteiger partial charge in [-0.15, -0.1) is 0 Å². The summed E-state index contributed by atoms with van der Waals surface area (Å²) in [5, 5.41) is 9.87. The van der Waals surface area contributed by atoms with E-state index >= 15 is 0 Å². The minimum atomic E-state index is -0.423. The van der Waals surface area contributed by atoms with Crippen molar-refractivity contribution in [1.29, 1.82) is 0 Å². The van der Waals surface area contributed by atoms with Crippen LogP contribution in [0.15, 0.2) is 61.1 Å². The van der Waals surface area contributed by atoms with Crippen molar-refractivity contribution in [2.24, 2.45) is 5.92 Å². The molecule has 3 atom stereocenters. The van der Waals surface area contributed by atoms with Gasteiger partial charge in [0.1, 0.15) is 11.7 Å². The minimum Gasteiger partial charge on any atom is -0.472 e. The lowest BCUT2D eigenvalue weighted by atomic mass is 9.99. The summed E-state index contributed by atoms with van der Waals surface area (Å²) in [5.41, 5.74) is 3.72. The Morgan fingerprint density at radius 3 is 2.64 bits per heavy atom. The Labute approximate surface area is 211 Å². The molecule has 1 aromatic carbocycles. The van der Waals surface area contributed by atoms with Crippen molar-refractivity contribution in [3.05, 3.63) is 77.7 Å². The van der Waals surface area contributed by atoms with Crippen LogP contribution in [-0.4, -0.2) is 75.6 Å². The Morgan fingerprint density at radius 2 is 1.97 bits per heavy atom. The van der Waals surface area contributed by atoms with E-state index in [1.807, 2.05) is 45.0 Å². The van der Waals surface area contributed by atoms with Gasteiger partial charge in [0.25, 0.3) is 11.8 Å². The van der Waals surface area contributed by atoms with Crippen LogP contribution in [0.3, 0.4) is 0 Å². The van der Waals surface area contributed by atoms with Crippen LogP contribution in [0, 0.1) is 12.8 Å². The fourth-order valence-electron chi connectivity index (χ4n) is 4.29. The molecule has 188 valence electrons. The summed E-state index contributed by atoms with van der Waals surface area (Å²) >= 11 is 0. The standard InChI is InChI=1S/C28H32N4O4/c1-18-7-9-21(10-8-18)23-12-24-26(30-14-23)36-25(19(2)15-32(28(24)35)20(3)17-33)16-31(4)27(34)22-6-5-11-29-13-22/h5-14,19-20,25,33H,15-17H2,1-4H3/t19-,20+,25-/m1/s1. The monoisotopic (exact) mass is 488 g/mol. The van der Waals surface area contributed by atoms with Crippen LogP contribution in [0.1, 0.15) is 40.1 Å². The SMILES string of the molecule is Cc1ccc(-c2cnc3c(c2)C(=O)N([C@@H](C)CO)C[C@@H](C)[C@@H](CN(C)C(=O)c2cccnc2)O3)cc1. The number of ether oxygens (including phenoxy) is 1. The van der Waals surface area contributed by atoms with Gasteiger partial charge in [-0.1, -0.05) is 36.8 Å². The third kappa shape index (κ3) is 5.39. The van der Waals surface area contributed by atoms with E-state index in [9.17, 15) is 14.7 Å². The molecule has 0 spiro atoms. The first-order valence-corrected chi connectivity index (χ1v) is 12.1. The third-order valence-electron chi connectivity index (χ3n) is 6.61. The van der Waals surface area contributed by atoms with Gasteiger partial charge < -0.3 is 19.6 Å². The van der Waals surface area contributed by atoms with Crippen LogP contribution in [0.5, 0.6) is 5.88 Å². The number of aliphatic hydroxyl groups is 1. The molecule has 3 aromatic rings. The molecule has 2 aromatic heterocycles. The van der Waals surface area contributed by atoms with Crippen LogP contribution >= 0.6 is 0 Å². The van der Waals surface area contributed by atoms with E-state index < -0.39 is 6.10 Å². The van der Waals surface area contributed by atoms with Gasteiger partial charge >= 0.3 is 0 Å². The van der Waals surface area contributed by atoms with Crippen molar-refractivity contribution in [3.63, 3.8) is 0 Å². The first-order valence-electron chi connectivity index (χ1n) is 12.1. The van der Waals surface area contributed by atoms with E-state index in [1.165, 1.54) is 6.20 Å². The first kappa shape index (κ1) is 25.3. The average molecular weight is 489 g/mol. The highest BCUT2D eigenvalue weighted by atomic mass is 16.5. The molecule has 8 heteroatoms. The number of benzene rings is 1. The van der Waals surface area contributed by atoms with Gasteiger partial charge in [0.05, 0.1) is 24.8 Å². The molecule has 1 N–H and O–H groups in total. The number of pyridine rings is 2. The molecular weight excluding hydrogens is 456 g/mol. The highest BCUT2D eigenvalue weighted by Gasteiger charge is 2.35. The molecule has 1 aliphatic rings. The largest absolute Gasteiger partial charge is 0.472 e. The Morgan fingerprint density at radius 1 is 1.22 bits per heavy atom. The zero-order chi connectivity index (χ0) is 25.8. The molecule has 0 aliphatic carbocycles. The molecule has 0 radical (unpaired) electrons. The maximum Gasteiger partial charge on any atom is 0.259 e. The zero-order valence-corrected chi connectivity index (χ0v) is 21.1. The number of nitrogens with zero attached hydrogens (tertiary/aromatic N) is 4. The lowest BCUT2D eigenvalue weighted by Gasteiger charge is -2.37. The number of likely N-dealkylation sites (N-methyl/N-ethyl adjacent to an activating group) is 1. The number of rotatable bonds is 6. The second-order valence-electron chi connectivity index (χ2n) is 9.49. The molecule has 0 bridgehead atoms. The van der Waals surface area contributed by atoms with E-state index in [0.717, 1.165) is 16.7 Å².